The number of ketones is 1. The molecule has 5 nitrogen and oxygen atoms in total. The molecule has 1 aromatic rings. The van der Waals surface area contributed by atoms with Gasteiger partial charge in [0.25, 0.3) is 11.7 Å². The number of amides is 1. The molecule has 0 saturated carbocycles. The summed E-state index contributed by atoms with van der Waals surface area (Å²) in [6.07, 6.45) is 0.436. The van der Waals surface area contributed by atoms with Gasteiger partial charge in [0, 0.05) is 18.4 Å². The maximum Gasteiger partial charge on any atom is 0.299 e. The van der Waals surface area contributed by atoms with Crippen LogP contribution in [0.3, 0.4) is 0 Å². The zero-order chi connectivity index (χ0) is 15.8. The van der Waals surface area contributed by atoms with Gasteiger partial charge >= 0.3 is 0 Å². The molecule has 2 rings (SSSR count). The van der Waals surface area contributed by atoms with Gasteiger partial charge in [-0.05, 0) is 12.5 Å². The molecule has 8 heteroatoms. The SMILES string of the molecule is CCCS(=O)(=O)CCN1C(=O)C(=O)c2cc(F)c(F)cc21. The lowest BCUT2D eigenvalue weighted by Gasteiger charge is -2.16. The molecule has 0 fully saturated rings. The van der Waals surface area contributed by atoms with E-state index in [2.05, 4.69) is 0 Å². The molecule has 0 bridgehead atoms. The van der Waals surface area contributed by atoms with Gasteiger partial charge in [-0.3, -0.25) is 9.59 Å². The van der Waals surface area contributed by atoms with Gasteiger partial charge < -0.3 is 4.90 Å². The second-order valence-corrected chi connectivity index (χ2v) is 7.02. The van der Waals surface area contributed by atoms with Crippen molar-refractivity contribution in [1.82, 2.24) is 0 Å². The van der Waals surface area contributed by atoms with Crippen LogP contribution in [-0.2, 0) is 14.6 Å². The number of hydrogen-bond donors (Lipinski definition) is 0. The Balaban J connectivity index is 2.29. The van der Waals surface area contributed by atoms with Crippen LogP contribution >= 0.6 is 0 Å². The standard InChI is InChI=1S/C13H13F2NO4S/c1-2-4-21(19,20)5-3-16-11-7-10(15)9(14)6-8(11)12(17)13(16)18/h6-7H,2-5H2,1H3. The van der Waals surface area contributed by atoms with E-state index in [1.165, 1.54) is 0 Å². The van der Waals surface area contributed by atoms with Crippen LogP contribution in [0.15, 0.2) is 12.1 Å². The molecule has 1 amide bonds. The van der Waals surface area contributed by atoms with E-state index in [0.717, 1.165) is 11.0 Å². The Labute approximate surface area is 120 Å². The van der Waals surface area contributed by atoms with E-state index in [-0.39, 0.29) is 29.3 Å². The first kappa shape index (κ1) is 15.6. The molecule has 0 aromatic heterocycles. The third-order valence-corrected chi connectivity index (χ3v) is 4.99. The summed E-state index contributed by atoms with van der Waals surface area (Å²) in [7, 11) is -3.35. The third kappa shape index (κ3) is 2.94. The Morgan fingerprint density at radius 3 is 2.33 bits per heavy atom. The maximum atomic E-state index is 13.3. The number of rotatable bonds is 5. The van der Waals surface area contributed by atoms with Crippen LogP contribution < -0.4 is 4.90 Å². The predicted octanol–water partition coefficient (Wildman–Crippen LogP) is 1.32. The van der Waals surface area contributed by atoms with E-state index in [0.29, 0.717) is 12.5 Å². The zero-order valence-electron chi connectivity index (χ0n) is 11.2. The molecule has 0 radical (unpaired) electrons. The van der Waals surface area contributed by atoms with Crippen LogP contribution in [-0.4, -0.2) is 38.2 Å². The van der Waals surface area contributed by atoms with Crippen molar-refractivity contribution in [2.75, 3.05) is 23.0 Å². The minimum atomic E-state index is -3.35. The summed E-state index contributed by atoms with van der Waals surface area (Å²) in [5.74, 6) is -4.72. The second-order valence-electron chi connectivity index (χ2n) is 4.72. The van der Waals surface area contributed by atoms with E-state index in [1.807, 2.05) is 0 Å². The molecule has 0 unspecified atom stereocenters. The highest BCUT2D eigenvalue weighted by Crippen LogP contribution is 2.30. The normalized spacial score (nSPS) is 14.7. The van der Waals surface area contributed by atoms with Gasteiger partial charge in [-0.2, -0.15) is 0 Å². The molecule has 114 valence electrons. The van der Waals surface area contributed by atoms with Crippen molar-refractivity contribution in [1.29, 1.82) is 0 Å². The number of fused-ring (bicyclic) bond motifs is 1. The van der Waals surface area contributed by atoms with Crippen LogP contribution in [0.4, 0.5) is 14.5 Å². The lowest BCUT2D eigenvalue weighted by molar-refractivity contribution is -0.114. The molecular formula is C13H13F2NO4S. The van der Waals surface area contributed by atoms with Crippen molar-refractivity contribution in [3.63, 3.8) is 0 Å². The topological polar surface area (TPSA) is 71.5 Å². The summed E-state index contributed by atoms with van der Waals surface area (Å²) >= 11 is 0. The van der Waals surface area contributed by atoms with Crippen LogP contribution in [0.25, 0.3) is 0 Å². The Kier molecular flexibility index (Phi) is 4.08. The fraction of sp³-hybridized carbons (Fsp3) is 0.385. The number of sulfone groups is 1. The largest absolute Gasteiger partial charge is 0.304 e. The van der Waals surface area contributed by atoms with Crippen molar-refractivity contribution < 1.29 is 26.8 Å². The van der Waals surface area contributed by atoms with Crippen molar-refractivity contribution in [3.05, 3.63) is 29.3 Å². The number of hydrogen-bond acceptors (Lipinski definition) is 4. The Morgan fingerprint density at radius 2 is 1.71 bits per heavy atom. The molecule has 0 spiro atoms. The molecule has 0 atom stereocenters. The molecular weight excluding hydrogens is 304 g/mol. The summed E-state index contributed by atoms with van der Waals surface area (Å²) in [5, 5.41) is 0. The summed E-state index contributed by atoms with van der Waals surface area (Å²) < 4.78 is 49.7. The molecule has 21 heavy (non-hydrogen) atoms. The van der Waals surface area contributed by atoms with E-state index in [9.17, 15) is 26.8 Å². The lowest BCUT2D eigenvalue weighted by Crippen LogP contribution is -2.34. The summed E-state index contributed by atoms with van der Waals surface area (Å²) in [4.78, 5) is 24.4. The predicted molar refractivity (Wildman–Crippen MR) is 72.0 cm³/mol. The number of nitrogens with zero attached hydrogens (tertiary/aromatic N) is 1. The molecule has 0 aliphatic carbocycles. The highest BCUT2D eigenvalue weighted by Gasteiger charge is 2.37. The first-order valence-corrected chi connectivity index (χ1v) is 8.14. The number of carbonyl (C=O) groups excluding carboxylic acids is 2. The van der Waals surface area contributed by atoms with Gasteiger partial charge in [0.15, 0.2) is 21.5 Å². The van der Waals surface area contributed by atoms with Crippen molar-refractivity contribution >= 4 is 27.2 Å². The van der Waals surface area contributed by atoms with E-state index in [1.54, 1.807) is 6.92 Å². The number of carbonyl (C=O) groups is 2. The lowest BCUT2D eigenvalue weighted by atomic mass is 10.1. The van der Waals surface area contributed by atoms with E-state index < -0.39 is 33.2 Å². The van der Waals surface area contributed by atoms with Gasteiger partial charge in [-0.25, -0.2) is 17.2 Å². The average molecular weight is 317 g/mol. The van der Waals surface area contributed by atoms with Gasteiger partial charge in [-0.15, -0.1) is 0 Å². The molecule has 1 heterocycles. The second kappa shape index (κ2) is 5.51. The number of anilines is 1. The van der Waals surface area contributed by atoms with Crippen LogP contribution in [0.5, 0.6) is 0 Å². The maximum absolute atomic E-state index is 13.3. The van der Waals surface area contributed by atoms with Gasteiger partial charge in [0.1, 0.15) is 0 Å². The Hall–Kier alpha value is -1.83. The zero-order valence-corrected chi connectivity index (χ0v) is 12.0. The first-order chi connectivity index (χ1) is 9.76. The highest BCUT2D eigenvalue weighted by molar-refractivity contribution is 7.91. The van der Waals surface area contributed by atoms with Gasteiger partial charge in [-0.1, -0.05) is 6.92 Å². The van der Waals surface area contributed by atoms with Crippen LogP contribution in [0.2, 0.25) is 0 Å². The Bertz CT molecular complexity index is 715. The number of Topliss-reactive ketones (excluding diaryl/α,β-unsaturated/α-hetero) is 1. The molecule has 1 aromatic carbocycles. The minimum absolute atomic E-state index is 0.0341. The fourth-order valence-corrected chi connectivity index (χ4v) is 3.44. The molecule has 1 aliphatic rings. The summed E-state index contributed by atoms with van der Waals surface area (Å²) in [6.45, 7) is 1.44. The molecule has 0 N–H and O–H groups in total. The number of benzene rings is 1. The highest BCUT2D eigenvalue weighted by atomic mass is 32.2. The van der Waals surface area contributed by atoms with Crippen molar-refractivity contribution in [3.8, 4) is 0 Å². The quantitative estimate of drug-likeness (QED) is 0.768. The smallest absolute Gasteiger partial charge is 0.299 e. The van der Waals surface area contributed by atoms with Crippen molar-refractivity contribution in [2.24, 2.45) is 0 Å². The van der Waals surface area contributed by atoms with E-state index >= 15 is 0 Å². The monoisotopic (exact) mass is 317 g/mol. The Morgan fingerprint density at radius 1 is 1.10 bits per heavy atom. The molecule has 1 aliphatic heterocycles. The van der Waals surface area contributed by atoms with Crippen LogP contribution in [0.1, 0.15) is 23.7 Å². The minimum Gasteiger partial charge on any atom is -0.304 e. The van der Waals surface area contributed by atoms with Gasteiger partial charge in [0.05, 0.1) is 17.0 Å². The van der Waals surface area contributed by atoms with Crippen LogP contribution in [0, 0.1) is 11.6 Å². The fourth-order valence-electron chi connectivity index (χ4n) is 2.15. The van der Waals surface area contributed by atoms with Crippen molar-refractivity contribution in [2.45, 2.75) is 13.3 Å². The van der Waals surface area contributed by atoms with E-state index in [4.69, 9.17) is 0 Å². The summed E-state index contributed by atoms with van der Waals surface area (Å²) in [5.41, 5.74) is -0.331. The third-order valence-electron chi connectivity index (χ3n) is 3.15. The average Bonchev–Trinajstić information content (AvgIpc) is 2.61. The first-order valence-electron chi connectivity index (χ1n) is 6.32. The molecule has 0 saturated heterocycles. The van der Waals surface area contributed by atoms with Gasteiger partial charge in [0.2, 0.25) is 0 Å². The number of halogens is 2. The summed E-state index contributed by atoms with van der Waals surface area (Å²) in [6, 6.07) is 1.39.